The lowest BCUT2D eigenvalue weighted by atomic mass is 10.1. The Hall–Kier alpha value is -3.50. The first-order valence-electron chi connectivity index (χ1n) is 8.57. The molecule has 0 radical (unpaired) electrons. The van der Waals surface area contributed by atoms with Crippen LogP contribution in [0.2, 0.25) is 0 Å². The lowest BCUT2D eigenvalue weighted by Crippen LogP contribution is -2.27. The molecule has 3 aromatic heterocycles. The van der Waals surface area contributed by atoms with Crippen LogP contribution in [0, 0.1) is 0 Å². The van der Waals surface area contributed by atoms with Crippen LogP contribution in [-0.2, 0) is 13.1 Å². The molecular weight excluding hydrogens is 350 g/mol. The second kappa shape index (κ2) is 6.67. The Morgan fingerprint density at radius 3 is 2.56 bits per heavy atom. The molecule has 0 saturated heterocycles. The van der Waals surface area contributed by atoms with Gasteiger partial charge in [-0.2, -0.15) is 0 Å². The highest BCUT2D eigenvalue weighted by atomic mass is 16.1. The van der Waals surface area contributed by atoms with Crippen molar-refractivity contribution in [1.82, 2.24) is 44.8 Å². The van der Waals surface area contributed by atoms with Gasteiger partial charge in [0, 0.05) is 6.54 Å². The fraction of sp³-hybridized carbons (Fsp3) is 0.375. The normalized spacial score (nSPS) is 12.7. The molecule has 0 aliphatic carbocycles. The lowest BCUT2D eigenvalue weighted by Gasteiger charge is -2.14. The van der Waals surface area contributed by atoms with E-state index in [0.717, 1.165) is 6.42 Å². The number of tetrazole rings is 1. The smallest absolute Gasteiger partial charge is 0.277 e. The number of hydrogen-bond donors (Lipinski definition) is 0. The van der Waals surface area contributed by atoms with Crippen LogP contribution >= 0.6 is 0 Å². The molecule has 1 aromatic carbocycles. The first kappa shape index (κ1) is 16.9. The van der Waals surface area contributed by atoms with Gasteiger partial charge in [0.25, 0.3) is 11.1 Å². The van der Waals surface area contributed by atoms with E-state index in [2.05, 4.69) is 30.8 Å². The Morgan fingerprint density at radius 1 is 1.04 bits per heavy atom. The molecule has 0 bridgehead atoms. The molecule has 4 aromatic rings. The Balaban J connectivity index is 1.83. The van der Waals surface area contributed by atoms with Gasteiger partial charge in [-0.05, 0) is 35.9 Å². The molecule has 11 heteroatoms. The van der Waals surface area contributed by atoms with Crippen molar-refractivity contribution >= 4 is 21.8 Å². The molecule has 0 N–H and O–H groups in total. The molecule has 1 atom stereocenters. The summed E-state index contributed by atoms with van der Waals surface area (Å²) in [4.78, 5) is 29.8. The number of hydrogen-bond acceptors (Lipinski definition) is 8. The second-order valence-corrected chi connectivity index (χ2v) is 6.34. The molecule has 138 valence electrons. The van der Waals surface area contributed by atoms with Crippen molar-refractivity contribution in [2.24, 2.45) is 0 Å². The van der Waals surface area contributed by atoms with Crippen molar-refractivity contribution < 1.29 is 0 Å². The van der Waals surface area contributed by atoms with Crippen LogP contribution in [-0.4, -0.2) is 44.8 Å². The molecular formula is C16H17N9O2. The third-order valence-electron chi connectivity index (χ3n) is 4.38. The van der Waals surface area contributed by atoms with Gasteiger partial charge in [0.1, 0.15) is 11.8 Å². The van der Waals surface area contributed by atoms with E-state index >= 15 is 0 Å². The summed E-state index contributed by atoms with van der Waals surface area (Å²) in [5.41, 5.74) is 0.375. The summed E-state index contributed by atoms with van der Waals surface area (Å²) in [5.74, 6) is 0. The first-order valence-corrected chi connectivity index (χ1v) is 8.57. The van der Waals surface area contributed by atoms with Gasteiger partial charge in [-0.25, -0.2) is 14.3 Å². The Morgan fingerprint density at radius 2 is 1.81 bits per heavy atom. The van der Waals surface area contributed by atoms with Crippen LogP contribution in [0.3, 0.4) is 0 Å². The molecule has 4 rings (SSSR count). The molecule has 0 amide bonds. The van der Waals surface area contributed by atoms with E-state index in [0.29, 0.717) is 34.9 Å². The van der Waals surface area contributed by atoms with E-state index in [1.807, 2.05) is 13.8 Å². The lowest BCUT2D eigenvalue weighted by molar-refractivity contribution is 0.419. The highest BCUT2D eigenvalue weighted by Crippen LogP contribution is 2.15. The summed E-state index contributed by atoms with van der Waals surface area (Å²) < 4.78 is 4.38. The van der Waals surface area contributed by atoms with E-state index in [1.165, 1.54) is 21.9 Å². The number of aryl methyl sites for hydroxylation is 1. The predicted molar refractivity (Wildman–Crippen MR) is 96.2 cm³/mol. The third-order valence-corrected chi connectivity index (χ3v) is 4.38. The molecule has 0 spiro atoms. The number of benzene rings is 1. The van der Waals surface area contributed by atoms with Gasteiger partial charge in [0.05, 0.1) is 35.2 Å². The summed E-state index contributed by atoms with van der Waals surface area (Å²) in [6, 6.07) is 2.97. The van der Waals surface area contributed by atoms with Crippen molar-refractivity contribution in [3.8, 4) is 0 Å². The summed E-state index contributed by atoms with van der Waals surface area (Å²) in [7, 11) is 0. The van der Waals surface area contributed by atoms with E-state index in [9.17, 15) is 9.59 Å². The number of rotatable bonds is 5. The van der Waals surface area contributed by atoms with Crippen molar-refractivity contribution in [3.63, 3.8) is 0 Å². The molecule has 1 unspecified atom stereocenters. The van der Waals surface area contributed by atoms with E-state index in [4.69, 9.17) is 0 Å². The molecule has 0 aliphatic rings. The maximum atomic E-state index is 12.9. The van der Waals surface area contributed by atoms with Gasteiger partial charge in [-0.1, -0.05) is 12.1 Å². The Bertz CT molecular complexity index is 1230. The van der Waals surface area contributed by atoms with Gasteiger partial charge in [-0.15, -0.1) is 10.2 Å². The minimum Gasteiger partial charge on any atom is -0.294 e. The van der Waals surface area contributed by atoms with Gasteiger partial charge in [0.15, 0.2) is 0 Å². The van der Waals surface area contributed by atoms with Crippen molar-refractivity contribution in [2.45, 2.75) is 39.4 Å². The molecule has 0 aliphatic heterocycles. The monoisotopic (exact) mass is 367 g/mol. The Labute approximate surface area is 152 Å². The summed E-state index contributed by atoms with van der Waals surface area (Å²) >= 11 is 0. The topological polar surface area (TPSA) is 126 Å². The van der Waals surface area contributed by atoms with Crippen molar-refractivity contribution in [2.75, 3.05) is 0 Å². The van der Waals surface area contributed by atoms with Crippen LogP contribution in [0.25, 0.3) is 21.8 Å². The van der Waals surface area contributed by atoms with Gasteiger partial charge < -0.3 is 0 Å². The summed E-state index contributed by atoms with van der Waals surface area (Å²) in [6.45, 7) is 4.75. The minimum atomic E-state index is -0.234. The molecule has 0 saturated carbocycles. The van der Waals surface area contributed by atoms with Crippen LogP contribution in [0.15, 0.2) is 34.4 Å². The quantitative estimate of drug-likeness (QED) is 0.457. The minimum absolute atomic E-state index is 0.211. The highest BCUT2D eigenvalue weighted by Gasteiger charge is 2.14. The number of fused-ring (bicyclic) bond motifs is 2. The fourth-order valence-corrected chi connectivity index (χ4v) is 3.00. The molecule has 3 heterocycles. The van der Waals surface area contributed by atoms with Crippen molar-refractivity contribution in [1.29, 1.82) is 0 Å². The summed E-state index contributed by atoms with van der Waals surface area (Å²) in [5, 5.41) is 19.8. The van der Waals surface area contributed by atoms with Crippen LogP contribution < -0.4 is 11.1 Å². The first-order chi connectivity index (χ1) is 13.1. The van der Waals surface area contributed by atoms with E-state index < -0.39 is 0 Å². The Kier molecular flexibility index (Phi) is 4.18. The van der Waals surface area contributed by atoms with Crippen LogP contribution in [0.1, 0.15) is 26.3 Å². The largest absolute Gasteiger partial charge is 0.294 e. The van der Waals surface area contributed by atoms with Crippen LogP contribution in [0.5, 0.6) is 0 Å². The van der Waals surface area contributed by atoms with E-state index in [-0.39, 0.29) is 17.2 Å². The van der Waals surface area contributed by atoms with Crippen LogP contribution in [0.4, 0.5) is 0 Å². The second-order valence-electron chi connectivity index (χ2n) is 6.34. The molecule has 11 nitrogen and oxygen atoms in total. The maximum Gasteiger partial charge on any atom is 0.277 e. The van der Waals surface area contributed by atoms with E-state index in [1.54, 1.807) is 16.8 Å². The highest BCUT2D eigenvalue weighted by molar-refractivity contribution is 5.93. The zero-order valence-corrected chi connectivity index (χ0v) is 14.8. The molecule has 0 fully saturated rings. The average molecular weight is 367 g/mol. The zero-order valence-electron chi connectivity index (χ0n) is 14.8. The maximum absolute atomic E-state index is 12.9. The standard InChI is InChI=1S/C16H17N9O2/c1-3-4-25-16(27)12-5-13-11(6-14(12)19-21-25)15(26)24(8-17-13)10(2)7-23-9-18-20-22-23/h5-6,8-10H,3-4,7H2,1-2H3. The van der Waals surface area contributed by atoms with Gasteiger partial charge in [-0.3, -0.25) is 14.2 Å². The number of nitrogens with zero attached hydrogens (tertiary/aromatic N) is 9. The third kappa shape index (κ3) is 2.96. The van der Waals surface area contributed by atoms with Gasteiger partial charge in [0.2, 0.25) is 0 Å². The SMILES string of the molecule is CCCn1nnc2cc3c(=O)n(C(C)Cn4cnnn4)cnc3cc2c1=O. The number of aromatic nitrogens is 9. The van der Waals surface area contributed by atoms with Crippen molar-refractivity contribution in [3.05, 3.63) is 45.5 Å². The molecule has 27 heavy (non-hydrogen) atoms. The zero-order chi connectivity index (χ0) is 19.0. The fourth-order valence-electron chi connectivity index (χ4n) is 3.00. The predicted octanol–water partition coefficient (Wildman–Crippen LogP) is 0.159. The summed E-state index contributed by atoms with van der Waals surface area (Å²) in [6.07, 6.45) is 3.74. The average Bonchev–Trinajstić information content (AvgIpc) is 3.17. The van der Waals surface area contributed by atoms with Gasteiger partial charge >= 0.3 is 0 Å².